The quantitative estimate of drug-likeness (QED) is 0.774. The summed E-state index contributed by atoms with van der Waals surface area (Å²) in [5.41, 5.74) is 1.04. The Morgan fingerprint density at radius 1 is 1.00 bits per heavy atom. The Balaban J connectivity index is 2.74. The monoisotopic (exact) mass is 220 g/mol. The summed E-state index contributed by atoms with van der Waals surface area (Å²) in [6, 6.07) is 0.361. The second-order valence-corrected chi connectivity index (χ2v) is 4.47. The lowest BCUT2D eigenvalue weighted by Crippen LogP contribution is -2.22. The van der Waals surface area contributed by atoms with Crippen LogP contribution in [0.15, 0.2) is 17.4 Å². The van der Waals surface area contributed by atoms with E-state index in [1.165, 1.54) is 0 Å². The Labute approximate surface area is 93.8 Å². The summed E-state index contributed by atoms with van der Waals surface area (Å²) in [5.74, 6) is 0. The molecular formula is C11H16N4O. The number of aromatic nitrogens is 4. The Hall–Kier alpha value is -1.65. The maximum absolute atomic E-state index is 12.1. The first-order valence-electron chi connectivity index (χ1n) is 5.46. The van der Waals surface area contributed by atoms with E-state index in [-0.39, 0.29) is 17.6 Å². The van der Waals surface area contributed by atoms with Gasteiger partial charge < -0.3 is 4.57 Å². The summed E-state index contributed by atoms with van der Waals surface area (Å²) >= 11 is 0. The van der Waals surface area contributed by atoms with Gasteiger partial charge in [0.15, 0.2) is 11.2 Å². The molecule has 16 heavy (non-hydrogen) atoms. The first-order chi connectivity index (χ1) is 7.52. The molecule has 0 saturated carbocycles. The normalized spacial score (nSPS) is 11.9. The van der Waals surface area contributed by atoms with E-state index in [1.54, 1.807) is 17.2 Å². The van der Waals surface area contributed by atoms with Crippen LogP contribution in [0.4, 0.5) is 0 Å². The molecule has 2 heterocycles. The van der Waals surface area contributed by atoms with E-state index in [9.17, 15) is 4.79 Å². The van der Waals surface area contributed by atoms with E-state index in [2.05, 4.69) is 9.97 Å². The van der Waals surface area contributed by atoms with E-state index in [0.717, 1.165) is 0 Å². The molecule has 0 amide bonds. The minimum atomic E-state index is -0.0700. The fourth-order valence-corrected chi connectivity index (χ4v) is 1.67. The molecule has 86 valence electrons. The lowest BCUT2D eigenvalue weighted by Gasteiger charge is -2.10. The van der Waals surface area contributed by atoms with Crippen molar-refractivity contribution in [3.63, 3.8) is 0 Å². The number of hydrogen-bond donors (Lipinski definition) is 0. The van der Waals surface area contributed by atoms with E-state index >= 15 is 0 Å². The van der Waals surface area contributed by atoms with Gasteiger partial charge in [-0.2, -0.15) is 0 Å². The van der Waals surface area contributed by atoms with Gasteiger partial charge in [0.1, 0.15) is 6.33 Å². The largest absolute Gasteiger partial charge is 0.313 e. The van der Waals surface area contributed by atoms with Crippen LogP contribution < -0.4 is 5.56 Å². The Morgan fingerprint density at radius 2 is 1.56 bits per heavy atom. The molecule has 0 fully saturated rings. The number of rotatable bonds is 2. The zero-order valence-electron chi connectivity index (χ0n) is 10.0. The minimum Gasteiger partial charge on any atom is -0.313 e. The molecule has 2 aromatic rings. The summed E-state index contributed by atoms with van der Waals surface area (Å²) in [6.45, 7) is 7.98. The Morgan fingerprint density at radius 3 is 2.12 bits per heavy atom. The molecule has 0 aliphatic rings. The third kappa shape index (κ3) is 1.52. The molecule has 0 N–H and O–H groups in total. The molecule has 0 aromatic carbocycles. The van der Waals surface area contributed by atoms with Crippen molar-refractivity contribution in [2.24, 2.45) is 0 Å². The topological polar surface area (TPSA) is 52.7 Å². The number of hydrogen-bond acceptors (Lipinski definition) is 3. The maximum atomic E-state index is 12.1. The van der Waals surface area contributed by atoms with Crippen LogP contribution in [0, 0.1) is 0 Å². The number of imidazole rings is 1. The summed E-state index contributed by atoms with van der Waals surface area (Å²) in [7, 11) is 0. The average molecular weight is 220 g/mol. The van der Waals surface area contributed by atoms with Crippen molar-refractivity contribution < 1.29 is 0 Å². The van der Waals surface area contributed by atoms with E-state index in [1.807, 2.05) is 32.3 Å². The van der Waals surface area contributed by atoms with Gasteiger partial charge >= 0.3 is 0 Å². The molecule has 2 aromatic heterocycles. The highest BCUT2D eigenvalue weighted by molar-refractivity contribution is 5.69. The first-order valence-corrected chi connectivity index (χ1v) is 5.46. The van der Waals surface area contributed by atoms with Crippen molar-refractivity contribution in [3.8, 4) is 0 Å². The molecule has 0 bridgehead atoms. The van der Waals surface area contributed by atoms with Crippen LogP contribution in [-0.2, 0) is 0 Å². The smallest absolute Gasteiger partial charge is 0.281 e. The highest BCUT2D eigenvalue weighted by Crippen LogP contribution is 2.12. The Bertz CT molecular complexity index is 565. The predicted molar refractivity (Wildman–Crippen MR) is 62.6 cm³/mol. The molecule has 5 nitrogen and oxygen atoms in total. The van der Waals surface area contributed by atoms with Gasteiger partial charge in [0.25, 0.3) is 5.56 Å². The van der Waals surface area contributed by atoms with Crippen LogP contribution in [0.3, 0.4) is 0 Å². The third-order valence-electron chi connectivity index (χ3n) is 2.62. The third-order valence-corrected chi connectivity index (χ3v) is 2.62. The van der Waals surface area contributed by atoms with Crippen molar-refractivity contribution in [1.82, 2.24) is 19.1 Å². The number of fused-ring (bicyclic) bond motifs is 1. The van der Waals surface area contributed by atoms with Crippen LogP contribution in [0.25, 0.3) is 11.2 Å². The second-order valence-electron chi connectivity index (χ2n) is 4.47. The van der Waals surface area contributed by atoms with Crippen LogP contribution in [0.5, 0.6) is 0 Å². The minimum absolute atomic E-state index is 0.0700. The van der Waals surface area contributed by atoms with Gasteiger partial charge in [-0.3, -0.25) is 9.36 Å². The standard InChI is InChI=1S/C11H16N4O/c1-7(2)14-5-12-9-10(14)13-6-15(8(3)4)11(9)16/h5-8H,1-4H3. The molecule has 0 atom stereocenters. The highest BCUT2D eigenvalue weighted by Gasteiger charge is 2.12. The van der Waals surface area contributed by atoms with Gasteiger partial charge in [-0.1, -0.05) is 0 Å². The SMILES string of the molecule is CC(C)n1cnc2c(ncn2C(C)C)c1=O. The molecule has 5 heteroatoms. The van der Waals surface area contributed by atoms with E-state index in [4.69, 9.17) is 0 Å². The molecule has 0 saturated heterocycles. The molecule has 0 radical (unpaired) electrons. The van der Waals surface area contributed by atoms with Crippen molar-refractivity contribution in [2.75, 3.05) is 0 Å². The van der Waals surface area contributed by atoms with Crippen molar-refractivity contribution in [1.29, 1.82) is 0 Å². The van der Waals surface area contributed by atoms with Crippen LogP contribution in [-0.4, -0.2) is 19.1 Å². The van der Waals surface area contributed by atoms with Crippen LogP contribution >= 0.6 is 0 Å². The lowest BCUT2D eigenvalue weighted by molar-refractivity contribution is 0.569. The molecule has 0 aliphatic carbocycles. The van der Waals surface area contributed by atoms with Gasteiger partial charge in [0.05, 0.1) is 6.33 Å². The molecular weight excluding hydrogens is 204 g/mol. The summed E-state index contributed by atoms with van der Waals surface area (Å²) in [6.07, 6.45) is 3.27. The van der Waals surface area contributed by atoms with E-state index < -0.39 is 0 Å². The van der Waals surface area contributed by atoms with Crippen LogP contribution in [0.1, 0.15) is 39.8 Å². The zero-order chi connectivity index (χ0) is 11.9. The molecule has 0 spiro atoms. The molecule has 0 unspecified atom stereocenters. The lowest BCUT2D eigenvalue weighted by atomic mass is 10.3. The number of nitrogens with zero attached hydrogens (tertiary/aromatic N) is 4. The summed E-state index contributed by atoms with van der Waals surface area (Å²) < 4.78 is 3.50. The zero-order valence-corrected chi connectivity index (χ0v) is 10.0. The summed E-state index contributed by atoms with van der Waals surface area (Å²) in [5, 5.41) is 0. The van der Waals surface area contributed by atoms with Gasteiger partial charge in [0, 0.05) is 12.1 Å². The van der Waals surface area contributed by atoms with Gasteiger partial charge in [0.2, 0.25) is 0 Å². The second kappa shape index (κ2) is 3.73. The van der Waals surface area contributed by atoms with Gasteiger partial charge in [-0.05, 0) is 27.7 Å². The fraction of sp³-hybridized carbons (Fsp3) is 0.545. The summed E-state index contributed by atoms with van der Waals surface area (Å²) in [4.78, 5) is 20.5. The van der Waals surface area contributed by atoms with Gasteiger partial charge in [-0.15, -0.1) is 0 Å². The van der Waals surface area contributed by atoms with E-state index in [0.29, 0.717) is 11.2 Å². The predicted octanol–water partition coefficient (Wildman–Crippen LogP) is 1.75. The van der Waals surface area contributed by atoms with Crippen molar-refractivity contribution in [2.45, 2.75) is 39.8 Å². The molecule has 2 rings (SSSR count). The van der Waals surface area contributed by atoms with Gasteiger partial charge in [-0.25, -0.2) is 9.97 Å². The molecule has 0 aliphatic heterocycles. The fourth-order valence-electron chi connectivity index (χ4n) is 1.67. The average Bonchev–Trinajstić information content (AvgIpc) is 2.61. The maximum Gasteiger partial charge on any atom is 0.281 e. The first kappa shape index (κ1) is 10.9. The highest BCUT2D eigenvalue weighted by atomic mass is 16.1. The van der Waals surface area contributed by atoms with Crippen LogP contribution in [0.2, 0.25) is 0 Å². The van der Waals surface area contributed by atoms with Crippen molar-refractivity contribution >= 4 is 11.2 Å². The van der Waals surface area contributed by atoms with Crippen molar-refractivity contribution in [3.05, 3.63) is 23.0 Å². The Kier molecular flexibility index (Phi) is 2.53.